The fraction of sp³-hybridized carbons (Fsp3) is 0.727. The zero-order valence-corrected chi connectivity index (χ0v) is 15.3. The SMILES string of the molecule is C[C@]12C=CC(=O)C=C1C[C@H](O)[C@@H]1[C@@H]2CC[C@@]2(C)[C@H]1CC[C@@]21CCC1=O. The predicted octanol–water partition coefficient (Wildman–Crippen LogP) is 3.61. The van der Waals surface area contributed by atoms with E-state index in [0.29, 0.717) is 24.0 Å². The molecular weight excluding hydrogens is 312 g/mol. The Labute approximate surface area is 149 Å². The van der Waals surface area contributed by atoms with Crippen molar-refractivity contribution in [3.05, 3.63) is 23.8 Å². The van der Waals surface area contributed by atoms with Crippen molar-refractivity contribution in [2.45, 2.75) is 64.9 Å². The fourth-order valence-electron chi connectivity index (χ4n) is 7.70. The van der Waals surface area contributed by atoms with E-state index in [0.717, 1.165) is 44.1 Å². The first-order chi connectivity index (χ1) is 11.8. The molecule has 0 aromatic heterocycles. The Morgan fingerprint density at radius 3 is 2.52 bits per heavy atom. The summed E-state index contributed by atoms with van der Waals surface area (Å²) in [6, 6.07) is 0. The van der Waals surface area contributed by atoms with Crippen molar-refractivity contribution >= 4 is 11.6 Å². The van der Waals surface area contributed by atoms with Crippen LogP contribution < -0.4 is 0 Å². The first-order valence-electron chi connectivity index (χ1n) is 9.97. The highest BCUT2D eigenvalue weighted by Gasteiger charge is 2.69. The number of carbonyl (C=O) groups is 2. The van der Waals surface area contributed by atoms with Gasteiger partial charge < -0.3 is 5.11 Å². The predicted molar refractivity (Wildman–Crippen MR) is 94.7 cm³/mol. The topological polar surface area (TPSA) is 54.4 Å². The molecule has 4 saturated carbocycles. The van der Waals surface area contributed by atoms with Gasteiger partial charge >= 0.3 is 0 Å². The summed E-state index contributed by atoms with van der Waals surface area (Å²) in [6.45, 7) is 4.60. The highest BCUT2D eigenvalue weighted by molar-refractivity contribution is 6.01. The van der Waals surface area contributed by atoms with E-state index in [2.05, 4.69) is 19.9 Å². The molecule has 25 heavy (non-hydrogen) atoms. The van der Waals surface area contributed by atoms with Crippen LogP contribution in [0.15, 0.2) is 23.8 Å². The van der Waals surface area contributed by atoms with Crippen LogP contribution in [0.2, 0.25) is 0 Å². The van der Waals surface area contributed by atoms with Crippen molar-refractivity contribution < 1.29 is 14.7 Å². The Kier molecular flexibility index (Phi) is 3.03. The van der Waals surface area contributed by atoms with Gasteiger partial charge in [-0.05, 0) is 73.8 Å². The van der Waals surface area contributed by atoms with Crippen LogP contribution in [0, 0.1) is 34.0 Å². The van der Waals surface area contributed by atoms with E-state index < -0.39 is 0 Å². The molecule has 0 aliphatic heterocycles. The minimum Gasteiger partial charge on any atom is -0.392 e. The maximum absolute atomic E-state index is 12.6. The highest BCUT2D eigenvalue weighted by atomic mass is 16.3. The van der Waals surface area contributed by atoms with Gasteiger partial charge in [-0.1, -0.05) is 25.5 Å². The second-order valence-electron chi connectivity index (χ2n) is 9.75. The van der Waals surface area contributed by atoms with Gasteiger partial charge in [0.25, 0.3) is 0 Å². The first kappa shape index (κ1) is 16.0. The minimum atomic E-state index is -0.376. The number of allylic oxidation sites excluding steroid dienone is 3. The van der Waals surface area contributed by atoms with Crippen LogP contribution in [-0.2, 0) is 9.59 Å². The molecule has 5 aliphatic carbocycles. The van der Waals surface area contributed by atoms with Gasteiger partial charge in [-0.25, -0.2) is 0 Å². The van der Waals surface area contributed by atoms with Gasteiger partial charge in [0.2, 0.25) is 0 Å². The van der Waals surface area contributed by atoms with E-state index in [-0.39, 0.29) is 34.1 Å². The summed E-state index contributed by atoms with van der Waals surface area (Å²) < 4.78 is 0. The molecular formula is C22H28O3. The zero-order chi connectivity index (χ0) is 17.6. The molecule has 3 nitrogen and oxygen atoms in total. The largest absolute Gasteiger partial charge is 0.392 e. The number of hydrogen-bond donors (Lipinski definition) is 1. The molecule has 0 heterocycles. The standard InChI is InChI=1S/C22H28O3/c1-20-7-3-14(23)11-13(20)12-17(24)19-15(20)4-8-21(2)16(19)5-9-22(21)10-6-18(22)25/h3,7,11,15-17,19,24H,4-6,8-10,12H2,1-2H3/t15-,16-,17-,19+,20-,21-,22-/m0/s1. The summed E-state index contributed by atoms with van der Waals surface area (Å²) in [7, 11) is 0. The molecule has 7 atom stereocenters. The molecule has 5 rings (SSSR count). The van der Waals surface area contributed by atoms with Gasteiger partial charge in [0, 0.05) is 17.3 Å². The van der Waals surface area contributed by atoms with Gasteiger partial charge in [-0.15, -0.1) is 0 Å². The monoisotopic (exact) mass is 340 g/mol. The summed E-state index contributed by atoms with van der Waals surface area (Å²) in [5.41, 5.74) is 0.997. The average Bonchev–Trinajstić information content (AvgIpc) is 2.90. The number of aliphatic hydroxyl groups is 1. The molecule has 4 fully saturated rings. The third-order valence-electron chi connectivity index (χ3n) is 9.26. The van der Waals surface area contributed by atoms with Crippen LogP contribution in [0.3, 0.4) is 0 Å². The zero-order valence-electron chi connectivity index (χ0n) is 15.3. The summed E-state index contributed by atoms with van der Waals surface area (Å²) >= 11 is 0. The summed E-state index contributed by atoms with van der Waals surface area (Å²) in [5.74, 6) is 1.62. The number of rotatable bonds is 0. The highest BCUT2D eigenvalue weighted by Crippen LogP contribution is 2.72. The number of hydrogen-bond acceptors (Lipinski definition) is 3. The third kappa shape index (κ3) is 1.71. The van der Waals surface area contributed by atoms with E-state index in [9.17, 15) is 14.7 Å². The van der Waals surface area contributed by atoms with Gasteiger partial charge in [0.15, 0.2) is 5.78 Å². The Balaban J connectivity index is 1.56. The van der Waals surface area contributed by atoms with E-state index >= 15 is 0 Å². The van der Waals surface area contributed by atoms with Gasteiger partial charge in [-0.3, -0.25) is 9.59 Å². The van der Waals surface area contributed by atoms with Crippen molar-refractivity contribution in [2.75, 3.05) is 0 Å². The Morgan fingerprint density at radius 2 is 1.84 bits per heavy atom. The van der Waals surface area contributed by atoms with Crippen molar-refractivity contribution in [3.8, 4) is 0 Å². The molecule has 0 bridgehead atoms. The molecule has 0 saturated heterocycles. The van der Waals surface area contributed by atoms with Crippen molar-refractivity contribution in [2.24, 2.45) is 34.0 Å². The summed E-state index contributed by atoms with van der Waals surface area (Å²) in [4.78, 5) is 24.4. The van der Waals surface area contributed by atoms with E-state index in [1.54, 1.807) is 12.2 Å². The quantitative estimate of drug-likeness (QED) is 0.733. The summed E-state index contributed by atoms with van der Waals surface area (Å²) in [5, 5.41) is 11.1. The molecule has 134 valence electrons. The van der Waals surface area contributed by atoms with Crippen LogP contribution in [0.4, 0.5) is 0 Å². The number of fused-ring (bicyclic) bond motifs is 6. The third-order valence-corrected chi connectivity index (χ3v) is 9.26. The molecule has 3 heteroatoms. The Hall–Kier alpha value is -1.22. The number of aliphatic hydroxyl groups excluding tert-OH is 1. The lowest BCUT2D eigenvalue weighted by molar-refractivity contribution is -0.162. The molecule has 0 unspecified atom stereocenters. The van der Waals surface area contributed by atoms with Gasteiger partial charge in [-0.2, -0.15) is 0 Å². The van der Waals surface area contributed by atoms with Crippen molar-refractivity contribution in [1.29, 1.82) is 0 Å². The average molecular weight is 340 g/mol. The number of ketones is 2. The Bertz CT molecular complexity index is 734. The van der Waals surface area contributed by atoms with Gasteiger partial charge in [0.1, 0.15) is 5.78 Å². The molecule has 0 aromatic rings. The Morgan fingerprint density at radius 1 is 1.08 bits per heavy atom. The lowest BCUT2D eigenvalue weighted by Crippen LogP contribution is -2.59. The first-order valence-corrected chi connectivity index (χ1v) is 9.97. The van der Waals surface area contributed by atoms with Crippen LogP contribution >= 0.6 is 0 Å². The van der Waals surface area contributed by atoms with Crippen molar-refractivity contribution in [3.63, 3.8) is 0 Å². The van der Waals surface area contributed by atoms with Crippen molar-refractivity contribution in [1.82, 2.24) is 0 Å². The van der Waals surface area contributed by atoms with Crippen LogP contribution in [0.1, 0.15) is 58.8 Å². The second-order valence-corrected chi connectivity index (χ2v) is 9.75. The second kappa shape index (κ2) is 4.73. The van der Waals surface area contributed by atoms with Gasteiger partial charge in [0.05, 0.1) is 6.10 Å². The molecule has 0 aromatic carbocycles. The molecule has 5 aliphatic rings. The van der Waals surface area contributed by atoms with Crippen LogP contribution in [0.25, 0.3) is 0 Å². The maximum Gasteiger partial charge on any atom is 0.178 e. The fourth-order valence-corrected chi connectivity index (χ4v) is 7.70. The molecule has 1 spiro atoms. The lowest BCUT2D eigenvalue weighted by atomic mass is 9.42. The lowest BCUT2D eigenvalue weighted by Gasteiger charge is -2.61. The van der Waals surface area contributed by atoms with Crippen LogP contribution in [0.5, 0.6) is 0 Å². The normalized spacial score (nSPS) is 53.8. The molecule has 0 radical (unpaired) electrons. The maximum atomic E-state index is 12.6. The number of carbonyl (C=O) groups excluding carboxylic acids is 2. The molecule has 0 amide bonds. The van der Waals surface area contributed by atoms with Crippen LogP contribution in [-0.4, -0.2) is 22.8 Å². The van der Waals surface area contributed by atoms with E-state index in [1.165, 1.54) is 0 Å². The minimum absolute atomic E-state index is 0.0543. The van der Waals surface area contributed by atoms with E-state index in [1.807, 2.05) is 0 Å². The number of Topliss-reactive ketones (excluding diaryl/α,β-unsaturated/α-hetero) is 1. The smallest absolute Gasteiger partial charge is 0.178 e. The summed E-state index contributed by atoms with van der Waals surface area (Å²) in [6.07, 6.45) is 11.9. The van der Waals surface area contributed by atoms with E-state index in [4.69, 9.17) is 0 Å². The molecule has 1 N–H and O–H groups in total.